The molecule has 2 atom stereocenters. The molecule has 2 fully saturated rings. The maximum Gasteiger partial charge on any atom is 0.411 e. The number of benzene rings is 1. The van der Waals surface area contributed by atoms with Gasteiger partial charge in [0.25, 0.3) is 0 Å². The van der Waals surface area contributed by atoms with Crippen LogP contribution < -0.4 is 10.9 Å². The van der Waals surface area contributed by atoms with Crippen LogP contribution >= 0.6 is 0 Å². The summed E-state index contributed by atoms with van der Waals surface area (Å²) in [6, 6.07) is 11.6. The van der Waals surface area contributed by atoms with E-state index in [4.69, 9.17) is 13.6 Å². The van der Waals surface area contributed by atoms with Crippen LogP contribution in [0.4, 0.5) is 10.5 Å². The Labute approximate surface area is 186 Å². The minimum Gasteiger partial charge on any atom is -0.464 e. The van der Waals surface area contributed by atoms with Crippen LogP contribution in [0.3, 0.4) is 0 Å². The van der Waals surface area contributed by atoms with E-state index in [1.165, 1.54) is 6.42 Å². The average molecular weight is 437 g/mol. The first-order chi connectivity index (χ1) is 15.5. The van der Waals surface area contributed by atoms with Gasteiger partial charge in [0.1, 0.15) is 17.1 Å². The van der Waals surface area contributed by atoms with E-state index >= 15 is 0 Å². The van der Waals surface area contributed by atoms with E-state index in [2.05, 4.69) is 29.3 Å². The first kappa shape index (κ1) is 20.8. The van der Waals surface area contributed by atoms with E-state index in [1.807, 2.05) is 6.07 Å². The van der Waals surface area contributed by atoms with Crippen LogP contribution in [-0.4, -0.2) is 23.6 Å². The summed E-state index contributed by atoms with van der Waals surface area (Å²) in [5.74, 6) is 3.35. The topological polar surface area (TPSA) is 84.9 Å². The number of rotatable bonds is 8. The van der Waals surface area contributed by atoms with Crippen molar-refractivity contribution in [1.82, 2.24) is 4.90 Å². The van der Waals surface area contributed by atoms with Gasteiger partial charge in [0.2, 0.25) is 0 Å². The fraction of sp³-hybridized carbons (Fsp3) is 0.440. The van der Waals surface area contributed by atoms with E-state index in [9.17, 15) is 9.59 Å². The molecule has 2 heterocycles. The van der Waals surface area contributed by atoms with E-state index in [0.717, 1.165) is 41.9 Å². The molecule has 32 heavy (non-hydrogen) atoms. The van der Waals surface area contributed by atoms with Crippen molar-refractivity contribution in [3.63, 3.8) is 0 Å². The lowest BCUT2D eigenvalue weighted by Crippen LogP contribution is -2.25. The Morgan fingerprint density at radius 2 is 1.97 bits per heavy atom. The number of furan rings is 1. The molecule has 0 radical (unpaired) electrons. The lowest BCUT2D eigenvalue weighted by molar-refractivity contribution is 0.168. The molecule has 2 aromatic heterocycles. The van der Waals surface area contributed by atoms with Gasteiger partial charge >= 0.3 is 11.7 Å². The van der Waals surface area contributed by atoms with Crippen molar-refractivity contribution < 1.29 is 18.4 Å². The Morgan fingerprint density at radius 1 is 1.16 bits per heavy atom. The number of carbonyl (C=O) groups is 1. The van der Waals surface area contributed by atoms with Crippen molar-refractivity contribution >= 4 is 22.7 Å². The SMILES string of the molecule is CCOC(=O)Nc1ccc2c(CN(Cc3ccc(C4CC4C)o3)C3CC3)cc(=O)oc2c1. The number of ether oxygens (including phenoxy) is 1. The lowest BCUT2D eigenvalue weighted by Gasteiger charge is -2.21. The molecular formula is C25H28N2O5. The summed E-state index contributed by atoms with van der Waals surface area (Å²) in [6.07, 6.45) is 2.97. The average Bonchev–Trinajstić information content (AvgIpc) is 3.67. The fourth-order valence-corrected chi connectivity index (χ4v) is 4.29. The van der Waals surface area contributed by atoms with E-state index < -0.39 is 11.7 Å². The van der Waals surface area contributed by atoms with Crippen molar-refractivity contribution in [2.45, 2.75) is 58.2 Å². The molecule has 2 aliphatic carbocycles. The standard InChI is InChI=1S/C25H28N2O5/c1-3-30-25(29)26-17-4-8-20-16(11-24(28)32-23(20)12-17)13-27(18-5-6-18)14-19-7-9-22(31-19)21-10-15(21)2/h4,7-9,11-12,15,18,21H,3,5-6,10,13-14H2,1-2H3,(H,26,29). The maximum absolute atomic E-state index is 12.3. The van der Waals surface area contributed by atoms with E-state index in [-0.39, 0.29) is 6.61 Å². The van der Waals surface area contributed by atoms with Crippen LogP contribution in [0.2, 0.25) is 0 Å². The summed E-state index contributed by atoms with van der Waals surface area (Å²) in [5.41, 5.74) is 1.47. The van der Waals surface area contributed by atoms with Gasteiger partial charge in [0.15, 0.2) is 0 Å². The number of amides is 1. The number of anilines is 1. The zero-order valence-electron chi connectivity index (χ0n) is 18.4. The number of hydrogen-bond donors (Lipinski definition) is 1. The van der Waals surface area contributed by atoms with Gasteiger partial charge in [-0.3, -0.25) is 10.2 Å². The number of fused-ring (bicyclic) bond motifs is 1. The highest BCUT2D eigenvalue weighted by Crippen LogP contribution is 2.47. The van der Waals surface area contributed by atoms with Gasteiger partial charge < -0.3 is 13.6 Å². The Morgan fingerprint density at radius 3 is 2.69 bits per heavy atom. The molecule has 1 amide bonds. The van der Waals surface area contributed by atoms with Gasteiger partial charge in [0, 0.05) is 41.7 Å². The highest BCUT2D eigenvalue weighted by Gasteiger charge is 2.37. The van der Waals surface area contributed by atoms with Gasteiger partial charge in [-0.05, 0) is 61.9 Å². The van der Waals surface area contributed by atoms with Crippen molar-refractivity contribution in [3.05, 3.63) is 63.9 Å². The molecule has 1 N–H and O–H groups in total. The predicted octanol–water partition coefficient (Wildman–Crippen LogP) is 5.24. The van der Waals surface area contributed by atoms with Crippen LogP contribution in [0, 0.1) is 5.92 Å². The molecule has 2 aliphatic rings. The largest absolute Gasteiger partial charge is 0.464 e. The van der Waals surface area contributed by atoms with Crippen LogP contribution in [0.25, 0.3) is 11.0 Å². The van der Waals surface area contributed by atoms with Crippen molar-refractivity contribution in [2.75, 3.05) is 11.9 Å². The van der Waals surface area contributed by atoms with Gasteiger partial charge in [-0.25, -0.2) is 9.59 Å². The summed E-state index contributed by atoms with van der Waals surface area (Å²) in [5, 5.41) is 3.51. The Balaban J connectivity index is 1.37. The summed E-state index contributed by atoms with van der Waals surface area (Å²) >= 11 is 0. The minimum atomic E-state index is -0.538. The predicted molar refractivity (Wildman–Crippen MR) is 121 cm³/mol. The smallest absolute Gasteiger partial charge is 0.411 e. The van der Waals surface area contributed by atoms with E-state index in [1.54, 1.807) is 25.1 Å². The molecule has 7 nitrogen and oxygen atoms in total. The molecule has 3 aromatic rings. The van der Waals surface area contributed by atoms with E-state index in [0.29, 0.717) is 35.7 Å². The summed E-state index contributed by atoms with van der Waals surface area (Å²) in [7, 11) is 0. The second kappa shape index (κ2) is 8.47. The molecule has 0 saturated heterocycles. The Hall–Kier alpha value is -3.06. The number of carbonyl (C=O) groups excluding carboxylic acids is 1. The minimum absolute atomic E-state index is 0.284. The normalized spacial score (nSPS) is 20.0. The van der Waals surface area contributed by atoms with Crippen molar-refractivity contribution in [2.24, 2.45) is 5.92 Å². The Kier molecular flexibility index (Phi) is 5.51. The van der Waals surface area contributed by atoms with Crippen LogP contribution in [-0.2, 0) is 17.8 Å². The molecule has 2 unspecified atom stereocenters. The molecule has 2 saturated carbocycles. The molecule has 7 heteroatoms. The molecule has 168 valence electrons. The highest BCUT2D eigenvalue weighted by molar-refractivity contribution is 5.89. The molecule has 1 aromatic carbocycles. The van der Waals surface area contributed by atoms with Crippen molar-refractivity contribution in [1.29, 1.82) is 0 Å². The number of nitrogens with zero attached hydrogens (tertiary/aromatic N) is 1. The number of nitrogens with one attached hydrogen (secondary N) is 1. The highest BCUT2D eigenvalue weighted by atomic mass is 16.5. The molecular weight excluding hydrogens is 408 g/mol. The fourth-order valence-electron chi connectivity index (χ4n) is 4.29. The van der Waals surface area contributed by atoms with Gasteiger partial charge in [0.05, 0.1) is 13.2 Å². The molecule has 0 bridgehead atoms. The second-order valence-corrected chi connectivity index (χ2v) is 8.91. The quantitative estimate of drug-likeness (QED) is 0.486. The van der Waals surface area contributed by atoms with Crippen LogP contribution in [0.1, 0.15) is 56.1 Å². The molecule has 0 spiro atoms. The molecule has 0 aliphatic heterocycles. The second-order valence-electron chi connectivity index (χ2n) is 8.91. The van der Waals surface area contributed by atoms with Crippen LogP contribution in [0.15, 0.2) is 50.0 Å². The zero-order chi connectivity index (χ0) is 22.2. The van der Waals surface area contributed by atoms with Crippen LogP contribution in [0.5, 0.6) is 0 Å². The van der Waals surface area contributed by atoms with Crippen molar-refractivity contribution in [3.8, 4) is 0 Å². The summed E-state index contributed by atoms with van der Waals surface area (Å²) < 4.78 is 16.5. The van der Waals surface area contributed by atoms with Gasteiger partial charge in [-0.1, -0.05) is 6.92 Å². The third kappa shape index (κ3) is 4.58. The maximum atomic E-state index is 12.3. The zero-order valence-corrected chi connectivity index (χ0v) is 18.4. The van der Waals surface area contributed by atoms with Gasteiger partial charge in [-0.15, -0.1) is 0 Å². The summed E-state index contributed by atoms with van der Waals surface area (Å²) in [6.45, 7) is 5.63. The summed E-state index contributed by atoms with van der Waals surface area (Å²) in [4.78, 5) is 26.3. The lowest BCUT2D eigenvalue weighted by atomic mass is 10.1. The molecule has 5 rings (SSSR count). The van der Waals surface area contributed by atoms with Gasteiger partial charge in [-0.2, -0.15) is 0 Å². The first-order valence-electron chi connectivity index (χ1n) is 11.3. The third-order valence-corrected chi connectivity index (χ3v) is 6.31. The first-order valence-corrected chi connectivity index (χ1v) is 11.3. The monoisotopic (exact) mass is 436 g/mol. The third-order valence-electron chi connectivity index (χ3n) is 6.31. The number of hydrogen-bond acceptors (Lipinski definition) is 6. The Bertz CT molecular complexity index is 1190.